The number of likely N-dealkylation sites (N-methyl/N-ethyl adjacent to an activating group) is 1. The van der Waals surface area contributed by atoms with Crippen LogP contribution in [0.1, 0.15) is 57.6 Å². The molecule has 3 aliphatic rings. The highest BCUT2D eigenvalue weighted by molar-refractivity contribution is 9.10. The molecule has 1 heterocycles. The minimum absolute atomic E-state index is 0.105. The van der Waals surface area contributed by atoms with Crippen molar-refractivity contribution in [3.63, 3.8) is 0 Å². The Kier molecular flexibility index (Phi) is 5.45. The molecule has 2 spiro atoms. The number of aliphatic imine (C=N–C) groups is 1. The number of fused-ring (bicyclic) bond motifs is 3. The third-order valence-electron chi connectivity index (χ3n) is 6.80. The van der Waals surface area contributed by atoms with Crippen LogP contribution in [-0.4, -0.2) is 48.7 Å². The van der Waals surface area contributed by atoms with Crippen LogP contribution in [0, 0.1) is 5.41 Å². The van der Waals surface area contributed by atoms with Crippen molar-refractivity contribution in [3.05, 3.63) is 33.8 Å². The average molecular weight is 492 g/mol. The number of carbonyl (C=O) groups excluding carboxylic acids is 2. The molecule has 0 aromatic heterocycles. The molecule has 1 aliphatic heterocycles. The van der Waals surface area contributed by atoms with Crippen molar-refractivity contribution >= 4 is 33.9 Å². The van der Waals surface area contributed by atoms with E-state index in [-0.39, 0.29) is 23.4 Å². The number of guanidine groups is 1. The summed E-state index contributed by atoms with van der Waals surface area (Å²) in [6, 6.07) is 6.11. The van der Waals surface area contributed by atoms with Gasteiger partial charge in [-0.15, -0.1) is 0 Å². The van der Waals surface area contributed by atoms with E-state index in [1.54, 1.807) is 34.9 Å². The zero-order valence-electron chi connectivity index (χ0n) is 18.8. The fourth-order valence-electron chi connectivity index (χ4n) is 5.38. The van der Waals surface area contributed by atoms with Crippen LogP contribution in [0.2, 0.25) is 0 Å². The number of rotatable bonds is 1. The Morgan fingerprint density at radius 3 is 2.58 bits per heavy atom. The minimum Gasteiger partial charge on any atom is -0.444 e. The number of amides is 2. The number of ether oxygens (including phenoxy) is 2. The summed E-state index contributed by atoms with van der Waals surface area (Å²) in [6.45, 7) is 5.40. The second-order valence-electron chi connectivity index (χ2n) is 9.83. The fourth-order valence-corrected chi connectivity index (χ4v) is 5.75. The van der Waals surface area contributed by atoms with Gasteiger partial charge in [-0.05, 0) is 76.1 Å². The van der Waals surface area contributed by atoms with Gasteiger partial charge in [-0.2, -0.15) is 0 Å². The summed E-state index contributed by atoms with van der Waals surface area (Å²) in [5.74, 6) is 0.131. The summed E-state index contributed by atoms with van der Waals surface area (Å²) in [4.78, 5) is 32.8. The molecule has 1 saturated carbocycles. The number of nitrogens with zero attached hydrogens (tertiary/aromatic N) is 2. The van der Waals surface area contributed by atoms with Crippen LogP contribution in [0.5, 0.6) is 0 Å². The lowest BCUT2D eigenvalue weighted by Gasteiger charge is -2.45. The molecule has 1 unspecified atom stereocenters. The van der Waals surface area contributed by atoms with Crippen LogP contribution in [0.25, 0.3) is 0 Å². The predicted molar refractivity (Wildman–Crippen MR) is 121 cm³/mol. The van der Waals surface area contributed by atoms with Crippen molar-refractivity contribution in [2.45, 2.75) is 70.1 Å². The van der Waals surface area contributed by atoms with E-state index in [2.05, 4.69) is 27.3 Å². The highest BCUT2D eigenvalue weighted by Crippen LogP contribution is 2.62. The molecular weight excluding hydrogens is 462 g/mol. The van der Waals surface area contributed by atoms with Crippen molar-refractivity contribution in [2.24, 2.45) is 10.4 Å². The van der Waals surface area contributed by atoms with Crippen LogP contribution in [0.4, 0.5) is 4.79 Å². The van der Waals surface area contributed by atoms with Crippen LogP contribution in [0.15, 0.2) is 27.7 Å². The lowest BCUT2D eigenvalue weighted by atomic mass is 9.61. The third-order valence-corrected chi connectivity index (χ3v) is 7.29. The van der Waals surface area contributed by atoms with E-state index in [9.17, 15) is 9.59 Å². The first-order valence-electron chi connectivity index (χ1n) is 10.7. The van der Waals surface area contributed by atoms with Gasteiger partial charge < -0.3 is 9.47 Å². The first kappa shape index (κ1) is 22.3. The Labute approximate surface area is 191 Å². The first-order chi connectivity index (χ1) is 14.5. The number of halogens is 1. The molecule has 2 aliphatic carbocycles. The molecule has 7 nitrogen and oxygen atoms in total. The Bertz CT molecular complexity index is 947. The molecule has 8 heteroatoms. The summed E-state index contributed by atoms with van der Waals surface area (Å²) < 4.78 is 11.9. The monoisotopic (exact) mass is 491 g/mol. The maximum Gasteiger partial charge on any atom is 0.414 e. The lowest BCUT2D eigenvalue weighted by molar-refractivity contribution is -0.137. The van der Waals surface area contributed by atoms with Gasteiger partial charge in [-0.25, -0.2) is 9.79 Å². The zero-order chi connectivity index (χ0) is 22.6. The van der Waals surface area contributed by atoms with Crippen molar-refractivity contribution in [3.8, 4) is 0 Å². The van der Waals surface area contributed by atoms with Gasteiger partial charge in [0, 0.05) is 24.0 Å². The summed E-state index contributed by atoms with van der Waals surface area (Å²) in [6.07, 6.45) is 3.81. The van der Waals surface area contributed by atoms with Crippen LogP contribution >= 0.6 is 15.9 Å². The number of methoxy groups -OCH3 is 1. The van der Waals surface area contributed by atoms with E-state index in [1.165, 1.54) is 4.90 Å². The Hall–Kier alpha value is -1.93. The Morgan fingerprint density at radius 1 is 1.29 bits per heavy atom. The molecule has 1 aromatic carbocycles. The summed E-state index contributed by atoms with van der Waals surface area (Å²) in [5.41, 5.74) is 0.0324. The van der Waals surface area contributed by atoms with Gasteiger partial charge in [0.05, 0.1) is 6.10 Å². The van der Waals surface area contributed by atoms with E-state index < -0.39 is 17.2 Å². The van der Waals surface area contributed by atoms with Gasteiger partial charge in [-0.1, -0.05) is 22.0 Å². The Morgan fingerprint density at radius 2 is 1.97 bits per heavy atom. The largest absolute Gasteiger partial charge is 0.444 e. The molecule has 0 radical (unpaired) electrons. The molecule has 168 valence electrons. The van der Waals surface area contributed by atoms with Crippen LogP contribution in [-0.2, 0) is 26.2 Å². The van der Waals surface area contributed by atoms with E-state index >= 15 is 0 Å². The quantitative estimate of drug-likeness (QED) is 0.640. The van der Waals surface area contributed by atoms with Gasteiger partial charge in [0.2, 0.25) is 5.96 Å². The lowest BCUT2D eigenvalue weighted by Crippen LogP contribution is -2.51. The van der Waals surface area contributed by atoms with E-state index in [0.717, 1.165) is 47.7 Å². The van der Waals surface area contributed by atoms with Crippen molar-refractivity contribution in [1.82, 2.24) is 10.2 Å². The normalized spacial score (nSPS) is 30.0. The topological polar surface area (TPSA) is 80.2 Å². The number of hydrogen-bond donors (Lipinski definition) is 1. The molecule has 1 fully saturated rings. The number of benzene rings is 1. The minimum atomic E-state index is -1.05. The predicted octanol–water partition coefficient (Wildman–Crippen LogP) is 4.13. The SMILES string of the molecule is CO[C@H]1CC[C@]2(CC1)Cc1ccc(Br)cc1C21N=C(NC(=O)OC(C)(C)C)N(C)C1=O. The molecule has 2 amide bonds. The first-order valence-corrected chi connectivity index (χ1v) is 11.5. The second-order valence-corrected chi connectivity index (χ2v) is 10.7. The molecule has 0 saturated heterocycles. The molecule has 1 N–H and O–H groups in total. The second kappa shape index (κ2) is 7.59. The van der Waals surface area contributed by atoms with E-state index in [4.69, 9.17) is 14.5 Å². The summed E-state index contributed by atoms with van der Waals surface area (Å²) >= 11 is 3.57. The van der Waals surface area contributed by atoms with Gasteiger partial charge in [0.15, 0.2) is 5.54 Å². The fraction of sp³-hybridized carbons (Fsp3) is 0.609. The molecule has 1 atom stereocenters. The maximum atomic E-state index is 13.9. The average Bonchev–Trinajstić information content (AvgIpc) is 3.09. The van der Waals surface area contributed by atoms with Crippen molar-refractivity contribution < 1.29 is 19.1 Å². The molecule has 31 heavy (non-hydrogen) atoms. The zero-order valence-corrected chi connectivity index (χ0v) is 20.3. The molecule has 0 bridgehead atoms. The number of hydrogen-bond acceptors (Lipinski definition) is 5. The van der Waals surface area contributed by atoms with E-state index in [0.29, 0.717) is 0 Å². The molecule has 4 rings (SSSR count). The van der Waals surface area contributed by atoms with Crippen molar-refractivity contribution in [1.29, 1.82) is 0 Å². The van der Waals surface area contributed by atoms with Gasteiger partial charge >= 0.3 is 6.09 Å². The Balaban J connectivity index is 1.78. The molecular formula is C23H30BrN3O4. The molecule has 1 aromatic rings. The van der Waals surface area contributed by atoms with E-state index in [1.807, 2.05) is 12.1 Å². The van der Waals surface area contributed by atoms with Crippen molar-refractivity contribution in [2.75, 3.05) is 14.2 Å². The number of carbonyl (C=O) groups is 2. The highest BCUT2D eigenvalue weighted by Gasteiger charge is 2.66. The van der Waals surface area contributed by atoms with Gasteiger partial charge in [0.1, 0.15) is 5.60 Å². The number of nitrogens with one attached hydrogen (secondary N) is 1. The van der Waals surface area contributed by atoms with Gasteiger partial charge in [0.25, 0.3) is 5.91 Å². The third kappa shape index (κ3) is 3.57. The van der Waals surface area contributed by atoms with Gasteiger partial charge in [-0.3, -0.25) is 15.0 Å². The summed E-state index contributed by atoms with van der Waals surface area (Å²) in [7, 11) is 3.41. The smallest absolute Gasteiger partial charge is 0.414 e. The van der Waals surface area contributed by atoms with Crippen LogP contribution in [0.3, 0.4) is 0 Å². The standard InChI is InChI=1S/C23H30BrN3O4/c1-21(2,3)31-20(29)25-19-26-23(18(28)27(19)4)17-12-15(24)7-6-14(17)13-22(23)10-8-16(30-5)9-11-22/h6-7,12,16H,8-11,13H2,1-5H3,(H,25,26,29)/t16-,22-,23?. The number of alkyl carbamates (subject to hydrolysis) is 1. The maximum absolute atomic E-state index is 13.9. The summed E-state index contributed by atoms with van der Waals surface area (Å²) in [5, 5.41) is 2.71. The van der Waals surface area contributed by atoms with Crippen LogP contribution < -0.4 is 5.32 Å². The highest BCUT2D eigenvalue weighted by atomic mass is 79.9.